The molecule has 0 aromatic heterocycles. The lowest BCUT2D eigenvalue weighted by atomic mass is 9.94. The van der Waals surface area contributed by atoms with Gasteiger partial charge in [-0.3, -0.25) is 4.79 Å². The number of amides is 2. The average Bonchev–Trinajstić information content (AvgIpc) is 2.71. The van der Waals surface area contributed by atoms with Gasteiger partial charge < -0.3 is 21.1 Å². The lowest BCUT2D eigenvalue weighted by Gasteiger charge is -2.32. The highest BCUT2D eigenvalue weighted by molar-refractivity contribution is 5.74. The number of hydrogen-bond acceptors (Lipinski definition) is 4. The van der Waals surface area contributed by atoms with E-state index in [9.17, 15) is 9.59 Å². The number of hydrogen-bond donors (Lipinski definition) is 2. The molecule has 110 valence electrons. The van der Waals surface area contributed by atoms with Crippen molar-refractivity contribution in [2.75, 3.05) is 13.1 Å². The second-order valence-electron chi connectivity index (χ2n) is 6.05. The van der Waals surface area contributed by atoms with Crippen LogP contribution in [0.3, 0.4) is 0 Å². The van der Waals surface area contributed by atoms with Crippen LogP contribution in [0.2, 0.25) is 0 Å². The molecule has 1 aliphatic heterocycles. The normalized spacial score (nSPS) is 21.3. The number of nitrogens with two attached hydrogens (primary N) is 2. The zero-order chi connectivity index (χ0) is 14.6. The Balaban J connectivity index is 2.72. The highest BCUT2D eigenvalue weighted by Gasteiger charge is 2.36. The minimum atomic E-state index is -0.522. The van der Waals surface area contributed by atoms with Crippen LogP contribution in [0, 0.1) is 5.92 Å². The van der Waals surface area contributed by atoms with Gasteiger partial charge >= 0.3 is 6.09 Å². The first-order chi connectivity index (χ1) is 8.74. The van der Waals surface area contributed by atoms with Crippen molar-refractivity contribution in [3.8, 4) is 0 Å². The molecule has 1 rings (SSSR count). The van der Waals surface area contributed by atoms with Gasteiger partial charge in [-0.1, -0.05) is 0 Å². The van der Waals surface area contributed by atoms with Crippen LogP contribution in [-0.4, -0.2) is 41.6 Å². The molecule has 1 heterocycles. The molecule has 0 aromatic rings. The van der Waals surface area contributed by atoms with Crippen LogP contribution in [0.4, 0.5) is 4.79 Å². The summed E-state index contributed by atoms with van der Waals surface area (Å²) < 4.78 is 5.38. The molecule has 0 aliphatic carbocycles. The Morgan fingerprint density at radius 1 is 1.42 bits per heavy atom. The van der Waals surface area contributed by atoms with Crippen LogP contribution in [0.15, 0.2) is 0 Å². The Labute approximate surface area is 114 Å². The molecule has 1 fully saturated rings. The molecular formula is C13H25N3O3. The van der Waals surface area contributed by atoms with E-state index < -0.39 is 5.60 Å². The van der Waals surface area contributed by atoms with Crippen LogP contribution in [-0.2, 0) is 9.53 Å². The van der Waals surface area contributed by atoms with Crippen LogP contribution < -0.4 is 11.5 Å². The van der Waals surface area contributed by atoms with Gasteiger partial charge in [0, 0.05) is 24.9 Å². The topological polar surface area (TPSA) is 98.7 Å². The maximum absolute atomic E-state index is 12.1. The van der Waals surface area contributed by atoms with Crippen LogP contribution in [0.25, 0.3) is 0 Å². The summed E-state index contributed by atoms with van der Waals surface area (Å²) in [4.78, 5) is 24.9. The Kier molecular flexibility index (Phi) is 5.17. The fourth-order valence-corrected chi connectivity index (χ4v) is 2.46. The Morgan fingerprint density at radius 2 is 2.05 bits per heavy atom. The minimum Gasteiger partial charge on any atom is -0.444 e. The molecular weight excluding hydrogens is 246 g/mol. The van der Waals surface area contributed by atoms with E-state index in [0.717, 1.165) is 12.8 Å². The summed E-state index contributed by atoms with van der Waals surface area (Å²) in [6.07, 6.45) is 1.62. The molecule has 0 saturated carbocycles. The van der Waals surface area contributed by atoms with Crippen molar-refractivity contribution in [2.24, 2.45) is 17.4 Å². The summed E-state index contributed by atoms with van der Waals surface area (Å²) in [7, 11) is 0. The Bertz CT molecular complexity index is 339. The van der Waals surface area contributed by atoms with E-state index in [-0.39, 0.29) is 30.4 Å². The van der Waals surface area contributed by atoms with Gasteiger partial charge in [0.1, 0.15) is 5.60 Å². The molecule has 0 radical (unpaired) electrons. The van der Waals surface area contributed by atoms with Gasteiger partial charge in [0.15, 0.2) is 0 Å². The van der Waals surface area contributed by atoms with Crippen LogP contribution >= 0.6 is 0 Å². The second-order valence-corrected chi connectivity index (χ2v) is 6.05. The molecule has 0 aromatic carbocycles. The fraction of sp³-hybridized carbons (Fsp3) is 0.846. The number of nitrogens with zero attached hydrogens (tertiary/aromatic N) is 1. The Morgan fingerprint density at radius 3 is 2.53 bits per heavy atom. The fourth-order valence-electron chi connectivity index (χ4n) is 2.46. The van der Waals surface area contributed by atoms with Crippen LogP contribution in [0.1, 0.15) is 40.0 Å². The predicted molar refractivity (Wildman–Crippen MR) is 72.3 cm³/mol. The zero-order valence-electron chi connectivity index (χ0n) is 12.0. The van der Waals surface area contributed by atoms with Crippen molar-refractivity contribution in [2.45, 2.75) is 51.7 Å². The number of rotatable bonds is 4. The summed E-state index contributed by atoms with van der Waals surface area (Å²) in [5, 5.41) is 0. The summed E-state index contributed by atoms with van der Waals surface area (Å²) in [5.74, 6) is -0.473. The highest BCUT2D eigenvalue weighted by Crippen LogP contribution is 2.27. The third kappa shape index (κ3) is 4.70. The third-order valence-electron chi connectivity index (χ3n) is 3.24. The van der Waals surface area contributed by atoms with Crippen molar-refractivity contribution in [1.29, 1.82) is 0 Å². The maximum Gasteiger partial charge on any atom is 0.410 e. The zero-order valence-corrected chi connectivity index (χ0v) is 12.0. The standard InChI is InChI=1S/C13H25N3O3/c1-13(2,3)19-12(18)16-6-4-5-10(16)9(8-14)7-11(15)17/h9-10H,4-8,14H2,1-3H3,(H2,15,17). The lowest BCUT2D eigenvalue weighted by molar-refractivity contribution is -0.119. The maximum atomic E-state index is 12.1. The predicted octanol–water partition coefficient (Wildman–Crippen LogP) is 0.836. The molecule has 1 aliphatic rings. The van der Waals surface area contributed by atoms with Gasteiger partial charge in [-0.2, -0.15) is 0 Å². The second kappa shape index (κ2) is 6.23. The molecule has 6 heteroatoms. The largest absolute Gasteiger partial charge is 0.444 e. The molecule has 2 atom stereocenters. The molecule has 0 spiro atoms. The number of primary amides is 1. The molecule has 6 nitrogen and oxygen atoms in total. The molecule has 2 unspecified atom stereocenters. The summed E-state index contributed by atoms with van der Waals surface area (Å²) >= 11 is 0. The van der Waals surface area contributed by atoms with E-state index in [1.165, 1.54) is 0 Å². The first kappa shape index (κ1) is 15.8. The summed E-state index contributed by atoms with van der Waals surface area (Å²) in [6.45, 7) is 6.49. The van der Waals surface area contributed by atoms with Crippen molar-refractivity contribution in [3.63, 3.8) is 0 Å². The van der Waals surface area contributed by atoms with E-state index in [1.54, 1.807) is 4.90 Å². The molecule has 1 saturated heterocycles. The smallest absolute Gasteiger partial charge is 0.410 e. The van der Waals surface area contributed by atoms with Crippen molar-refractivity contribution in [1.82, 2.24) is 4.90 Å². The first-order valence-electron chi connectivity index (χ1n) is 6.72. The quantitative estimate of drug-likeness (QED) is 0.791. The molecule has 0 bridgehead atoms. The van der Waals surface area contributed by atoms with Gasteiger partial charge in [0.25, 0.3) is 0 Å². The number of likely N-dealkylation sites (tertiary alicyclic amines) is 1. The van der Waals surface area contributed by atoms with Crippen molar-refractivity contribution < 1.29 is 14.3 Å². The molecule has 2 amide bonds. The lowest BCUT2D eigenvalue weighted by Crippen LogP contribution is -2.45. The highest BCUT2D eigenvalue weighted by atomic mass is 16.6. The first-order valence-corrected chi connectivity index (χ1v) is 6.72. The Hall–Kier alpha value is -1.30. The van der Waals surface area contributed by atoms with Crippen LogP contribution in [0.5, 0.6) is 0 Å². The van der Waals surface area contributed by atoms with E-state index in [1.807, 2.05) is 20.8 Å². The molecule has 4 N–H and O–H groups in total. The van der Waals surface area contributed by atoms with E-state index in [4.69, 9.17) is 16.2 Å². The van der Waals surface area contributed by atoms with E-state index >= 15 is 0 Å². The van der Waals surface area contributed by atoms with Gasteiger partial charge in [-0.15, -0.1) is 0 Å². The number of ether oxygens (including phenoxy) is 1. The van der Waals surface area contributed by atoms with E-state index in [2.05, 4.69) is 0 Å². The monoisotopic (exact) mass is 271 g/mol. The van der Waals surface area contributed by atoms with Crippen molar-refractivity contribution >= 4 is 12.0 Å². The number of carbonyl (C=O) groups excluding carboxylic acids is 2. The van der Waals surface area contributed by atoms with Crippen molar-refractivity contribution in [3.05, 3.63) is 0 Å². The average molecular weight is 271 g/mol. The summed E-state index contributed by atoms with van der Waals surface area (Å²) in [6, 6.07) is -0.0488. The summed E-state index contributed by atoms with van der Waals surface area (Å²) in [5.41, 5.74) is 10.4. The van der Waals surface area contributed by atoms with Gasteiger partial charge in [-0.25, -0.2) is 4.79 Å². The van der Waals surface area contributed by atoms with Gasteiger partial charge in [0.2, 0.25) is 5.91 Å². The van der Waals surface area contributed by atoms with Gasteiger partial charge in [0.05, 0.1) is 0 Å². The third-order valence-corrected chi connectivity index (χ3v) is 3.24. The molecule has 19 heavy (non-hydrogen) atoms. The van der Waals surface area contributed by atoms with Gasteiger partial charge in [-0.05, 0) is 40.2 Å². The number of carbonyl (C=O) groups is 2. The SMILES string of the molecule is CC(C)(C)OC(=O)N1CCCC1C(CN)CC(N)=O. The minimum absolute atomic E-state index is 0.0488. The van der Waals surface area contributed by atoms with E-state index in [0.29, 0.717) is 13.1 Å².